The Labute approximate surface area is 107 Å². The van der Waals surface area contributed by atoms with E-state index in [1.807, 2.05) is 0 Å². The highest BCUT2D eigenvalue weighted by atomic mass is 79.9. The van der Waals surface area contributed by atoms with Crippen molar-refractivity contribution in [2.45, 2.75) is 40.3 Å². The van der Waals surface area contributed by atoms with Crippen LogP contribution in [0.1, 0.15) is 33.3 Å². The van der Waals surface area contributed by atoms with Crippen molar-refractivity contribution in [3.05, 3.63) is 34.3 Å². The van der Waals surface area contributed by atoms with Crippen LogP contribution in [0.2, 0.25) is 0 Å². The molecule has 16 heavy (non-hydrogen) atoms. The Morgan fingerprint density at radius 1 is 1.06 bits per heavy atom. The third kappa shape index (κ3) is 1.93. The normalized spacial score (nSPS) is 22.1. The molecule has 0 bridgehead atoms. The lowest BCUT2D eigenvalue weighted by atomic mass is 10.0. The molecule has 1 aromatic rings. The number of nitrogens with one attached hydrogen (secondary N) is 1. The van der Waals surface area contributed by atoms with Gasteiger partial charge in [0.25, 0.3) is 0 Å². The minimum Gasteiger partial charge on any atom is -0.309 e. The van der Waals surface area contributed by atoms with E-state index in [0.29, 0.717) is 16.9 Å². The molecule has 1 fully saturated rings. The minimum absolute atomic E-state index is 0.419. The molecule has 1 aromatic carbocycles. The van der Waals surface area contributed by atoms with Crippen LogP contribution in [0.5, 0.6) is 0 Å². The van der Waals surface area contributed by atoms with Crippen molar-refractivity contribution in [3.63, 3.8) is 0 Å². The maximum Gasteiger partial charge on any atom is 0.0208 e. The Morgan fingerprint density at radius 2 is 1.56 bits per heavy atom. The number of halogens is 1. The summed E-state index contributed by atoms with van der Waals surface area (Å²) in [5.74, 6) is 0. The van der Waals surface area contributed by atoms with E-state index < -0.39 is 0 Å². The fourth-order valence-electron chi connectivity index (χ4n) is 2.53. The van der Waals surface area contributed by atoms with E-state index in [1.165, 1.54) is 5.56 Å². The SMILES string of the molecule is CC1(C)C(NCc2ccc(Br)cc2)C1(C)C. The highest BCUT2D eigenvalue weighted by Gasteiger charge is 2.64. The average Bonchev–Trinajstić information content (AvgIpc) is 2.58. The summed E-state index contributed by atoms with van der Waals surface area (Å²) in [6.45, 7) is 10.3. The van der Waals surface area contributed by atoms with Crippen LogP contribution >= 0.6 is 15.9 Å². The second-order valence-corrected chi connectivity index (χ2v) is 6.80. The number of rotatable bonds is 3. The van der Waals surface area contributed by atoms with Crippen molar-refractivity contribution < 1.29 is 0 Å². The van der Waals surface area contributed by atoms with E-state index in [9.17, 15) is 0 Å². The van der Waals surface area contributed by atoms with Crippen LogP contribution in [0.15, 0.2) is 28.7 Å². The van der Waals surface area contributed by atoms with Gasteiger partial charge in [-0.1, -0.05) is 55.8 Å². The van der Waals surface area contributed by atoms with Gasteiger partial charge in [0.1, 0.15) is 0 Å². The maximum atomic E-state index is 3.66. The summed E-state index contributed by atoms with van der Waals surface area (Å²) in [5, 5.41) is 3.66. The van der Waals surface area contributed by atoms with Gasteiger partial charge in [-0.3, -0.25) is 0 Å². The predicted molar refractivity (Wildman–Crippen MR) is 72.3 cm³/mol. The van der Waals surface area contributed by atoms with E-state index in [1.54, 1.807) is 0 Å². The van der Waals surface area contributed by atoms with Gasteiger partial charge in [0.15, 0.2) is 0 Å². The molecule has 2 heteroatoms. The Morgan fingerprint density at radius 3 is 2.00 bits per heavy atom. The minimum atomic E-state index is 0.419. The van der Waals surface area contributed by atoms with Crippen molar-refractivity contribution in [1.82, 2.24) is 5.32 Å². The summed E-state index contributed by atoms with van der Waals surface area (Å²) < 4.78 is 1.14. The fraction of sp³-hybridized carbons (Fsp3) is 0.571. The van der Waals surface area contributed by atoms with Crippen LogP contribution in [0, 0.1) is 10.8 Å². The van der Waals surface area contributed by atoms with Crippen molar-refractivity contribution in [1.29, 1.82) is 0 Å². The molecule has 1 nitrogen and oxygen atoms in total. The van der Waals surface area contributed by atoms with Crippen LogP contribution in [0.4, 0.5) is 0 Å². The molecule has 0 spiro atoms. The molecule has 2 rings (SSSR count). The molecule has 1 N–H and O–H groups in total. The molecule has 0 saturated heterocycles. The summed E-state index contributed by atoms with van der Waals surface area (Å²) in [5.41, 5.74) is 2.19. The second-order valence-electron chi connectivity index (χ2n) is 5.88. The lowest BCUT2D eigenvalue weighted by Crippen LogP contribution is -2.21. The lowest BCUT2D eigenvalue weighted by molar-refractivity contribution is 0.457. The van der Waals surface area contributed by atoms with E-state index in [0.717, 1.165) is 11.0 Å². The van der Waals surface area contributed by atoms with Crippen molar-refractivity contribution in [3.8, 4) is 0 Å². The predicted octanol–water partition coefficient (Wildman–Crippen LogP) is 3.97. The van der Waals surface area contributed by atoms with Gasteiger partial charge in [-0.05, 0) is 28.5 Å². The van der Waals surface area contributed by atoms with Gasteiger partial charge in [0.2, 0.25) is 0 Å². The molecule has 0 radical (unpaired) electrons. The Balaban J connectivity index is 1.93. The molecule has 0 atom stereocenters. The molecule has 0 unspecified atom stereocenters. The highest BCUT2D eigenvalue weighted by molar-refractivity contribution is 9.10. The first kappa shape index (κ1) is 12.1. The monoisotopic (exact) mass is 281 g/mol. The molecular formula is C14H20BrN. The number of benzene rings is 1. The molecule has 0 aromatic heterocycles. The van der Waals surface area contributed by atoms with E-state index in [4.69, 9.17) is 0 Å². The zero-order valence-corrected chi connectivity index (χ0v) is 12.1. The zero-order chi connectivity index (χ0) is 12.0. The van der Waals surface area contributed by atoms with E-state index in [-0.39, 0.29) is 0 Å². The topological polar surface area (TPSA) is 12.0 Å². The van der Waals surface area contributed by atoms with Crippen molar-refractivity contribution in [2.24, 2.45) is 10.8 Å². The van der Waals surface area contributed by atoms with Gasteiger partial charge in [-0.25, -0.2) is 0 Å². The Hall–Kier alpha value is -0.340. The maximum absolute atomic E-state index is 3.66. The first-order chi connectivity index (χ1) is 7.35. The largest absolute Gasteiger partial charge is 0.309 e. The van der Waals surface area contributed by atoms with Crippen molar-refractivity contribution >= 4 is 15.9 Å². The van der Waals surface area contributed by atoms with Crippen LogP contribution < -0.4 is 5.32 Å². The van der Waals surface area contributed by atoms with Crippen LogP contribution in [-0.4, -0.2) is 6.04 Å². The lowest BCUT2D eigenvalue weighted by Gasteiger charge is -2.06. The average molecular weight is 282 g/mol. The fourth-order valence-corrected chi connectivity index (χ4v) is 2.79. The number of hydrogen-bond acceptors (Lipinski definition) is 1. The molecule has 1 aliphatic rings. The highest BCUT2D eigenvalue weighted by Crippen LogP contribution is 2.62. The summed E-state index contributed by atoms with van der Waals surface area (Å²) in [6.07, 6.45) is 0. The smallest absolute Gasteiger partial charge is 0.0208 e. The second kappa shape index (κ2) is 3.85. The Bertz CT molecular complexity index is 364. The third-order valence-electron chi connectivity index (χ3n) is 4.44. The standard InChI is InChI=1S/C14H20BrN/c1-13(2)12(14(13,3)4)16-9-10-5-7-11(15)8-6-10/h5-8,12,16H,9H2,1-4H3. The Kier molecular flexibility index (Phi) is 2.92. The molecule has 1 saturated carbocycles. The van der Waals surface area contributed by atoms with Gasteiger partial charge in [0.05, 0.1) is 0 Å². The molecule has 0 amide bonds. The van der Waals surface area contributed by atoms with Crippen LogP contribution in [0.3, 0.4) is 0 Å². The quantitative estimate of drug-likeness (QED) is 0.884. The molecular weight excluding hydrogens is 262 g/mol. The van der Waals surface area contributed by atoms with E-state index in [2.05, 4.69) is 73.2 Å². The first-order valence-electron chi connectivity index (χ1n) is 5.83. The first-order valence-corrected chi connectivity index (χ1v) is 6.63. The summed E-state index contributed by atoms with van der Waals surface area (Å²) in [7, 11) is 0. The van der Waals surface area contributed by atoms with Crippen molar-refractivity contribution in [2.75, 3.05) is 0 Å². The number of hydrogen-bond donors (Lipinski definition) is 1. The van der Waals surface area contributed by atoms with Gasteiger partial charge in [-0.15, -0.1) is 0 Å². The molecule has 1 aliphatic carbocycles. The summed E-state index contributed by atoms with van der Waals surface area (Å²) >= 11 is 3.45. The van der Waals surface area contributed by atoms with Gasteiger partial charge >= 0.3 is 0 Å². The molecule has 88 valence electrons. The summed E-state index contributed by atoms with van der Waals surface area (Å²) in [6, 6.07) is 9.16. The van der Waals surface area contributed by atoms with Gasteiger partial charge in [0, 0.05) is 17.1 Å². The van der Waals surface area contributed by atoms with Gasteiger partial charge < -0.3 is 5.32 Å². The zero-order valence-electron chi connectivity index (χ0n) is 10.5. The molecule has 0 aliphatic heterocycles. The van der Waals surface area contributed by atoms with Gasteiger partial charge in [-0.2, -0.15) is 0 Å². The summed E-state index contributed by atoms with van der Waals surface area (Å²) in [4.78, 5) is 0. The molecule has 0 heterocycles. The van der Waals surface area contributed by atoms with E-state index >= 15 is 0 Å². The van der Waals surface area contributed by atoms with Crippen LogP contribution in [-0.2, 0) is 6.54 Å². The third-order valence-corrected chi connectivity index (χ3v) is 4.97. The van der Waals surface area contributed by atoms with Crippen LogP contribution in [0.25, 0.3) is 0 Å².